The molecular weight excluding hydrogens is 947 g/mol. The molecule has 0 aliphatic carbocycles. The Morgan fingerprint density at radius 3 is 1.13 bits per heavy atom. The van der Waals surface area contributed by atoms with Crippen molar-refractivity contribution >= 4 is 5.91 Å². The molecule has 9 nitrogen and oxygen atoms in total. The summed E-state index contributed by atoms with van der Waals surface area (Å²) in [6.07, 6.45) is 66.6. The van der Waals surface area contributed by atoms with Crippen molar-refractivity contribution in [2.24, 2.45) is 0 Å². The van der Waals surface area contributed by atoms with E-state index in [9.17, 15) is 30.3 Å². The molecule has 1 aliphatic heterocycles. The van der Waals surface area contributed by atoms with Gasteiger partial charge in [-0.05, 0) is 44.9 Å². The summed E-state index contributed by atoms with van der Waals surface area (Å²) in [6.45, 7) is 3.88. The van der Waals surface area contributed by atoms with Gasteiger partial charge in [0.2, 0.25) is 5.91 Å². The molecule has 0 aromatic rings. The lowest BCUT2D eigenvalue weighted by molar-refractivity contribution is -0.302. The van der Waals surface area contributed by atoms with Crippen LogP contribution in [0.15, 0.2) is 24.3 Å². The summed E-state index contributed by atoms with van der Waals surface area (Å²) < 4.78 is 11.4. The fourth-order valence-electron chi connectivity index (χ4n) is 11.0. The molecule has 1 aliphatic rings. The lowest BCUT2D eigenvalue weighted by atomic mass is 9.99. The molecule has 1 fully saturated rings. The number of aliphatic hydroxyl groups is 5. The average molecular weight is 1080 g/mol. The van der Waals surface area contributed by atoms with Crippen LogP contribution >= 0.6 is 0 Å². The Bertz CT molecular complexity index is 1250. The first-order valence-electron chi connectivity index (χ1n) is 33.5. The Hall–Kier alpha value is -1.33. The van der Waals surface area contributed by atoms with Gasteiger partial charge in [0.1, 0.15) is 24.4 Å². The molecular formula is C67H129NO8. The minimum atomic E-state index is -1.55. The van der Waals surface area contributed by atoms with Gasteiger partial charge >= 0.3 is 0 Å². The number of ether oxygens (including phenoxy) is 2. The van der Waals surface area contributed by atoms with Crippen LogP contribution in [0.4, 0.5) is 0 Å². The zero-order chi connectivity index (χ0) is 55.0. The smallest absolute Gasteiger partial charge is 0.220 e. The maximum atomic E-state index is 13.1. The average Bonchev–Trinajstić information content (AvgIpc) is 3.42. The first-order chi connectivity index (χ1) is 37.3. The van der Waals surface area contributed by atoms with Gasteiger partial charge in [-0.3, -0.25) is 4.79 Å². The second-order valence-electron chi connectivity index (χ2n) is 23.6. The van der Waals surface area contributed by atoms with Crippen molar-refractivity contribution in [1.82, 2.24) is 5.32 Å². The van der Waals surface area contributed by atoms with Crippen LogP contribution in [-0.2, 0) is 14.3 Å². The van der Waals surface area contributed by atoms with Crippen LogP contribution in [0, 0.1) is 0 Å². The monoisotopic (exact) mass is 1080 g/mol. The van der Waals surface area contributed by atoms with Gasteiger partial charge in [0, 0.05) is 6.42 Å². The summed E-state index contributed by atoms with van der Waals surface area (Å²) in [5, 5.41) is 54.9. The van der Waals surface area contributed by atoms with Gasteiger partial charge in [0.15, 0.2) is 6.29 Å². The highest BCUT2D eigenvalue weighted by Gasteiger charge is 2.44. The third-order valence-electron chi connectivity index (χ3n) is 16.3. The number of unbranched alkanes of at least 4 members (excludes halogenated alkanes) is 45. The number of amides is 1. The van der Waals surface area contributed by atoms with Gasteiger partial charge in [-0.15, -0.1) is 0 Å². The Morgan fingerprint density at radius 2 is 0.776 bits per heavy atom. The molecule has 0 aromatic carbocycles. The van der Waals surface area contributed by atoms with E-state index in [1.807, 2.05) is 0 Å². The SMILES string of the molecule is CCCCCCC/C=C\C/C=C\CCCCCCCCCCCCCC(=O)NC(COC1OC(CO)C(O)C(O)C1O)C(O)CCCCCCCCCCCCCCCCCCCCCCCCCCCCCCCC. The van der Waals surface area contributed by atoms with E-state index < -0.39 is 49.5 Å². The number of nitrogens with one attached hydrogen (secondary N) is 1. The molecule has 0 saturated carbocycles. The van der Waals surface area contributed by atoms with Gasteiger partial charge in [-0.1, -0.05) is 314 Å². The zero-order valence-corrected chi connectivity index (χ0v) is 50.3. The molecule has 9 heteroatoms. The van der Waals surface area contributed by atoms with Crippen LogP contribution in [0.3, 0.4) is 0 Å². The molecule has 6 N–H and O–H groups in total. The maximum absolute atomic E-state index is 13.1. The van der Waals surface area contributed by atoms with Crippen molar-refractivity contribution in [3.63, 3.8) is 0 Å². The number of hydrogen-bond acceptors (Lipinski definition) is 8. The summed E-state index contributed by atoms with van der Waals surface area (Å²) in [5.41, 5.74) is 0. The molecule has 1 saturated heterocycles. The van der Waals surface area contributed by atoms with Crippen molar-refractivity contribution in [1.29, 1.82) is 0 Å². The van der Waals surface area contributed by atoms with Crippen LogP contribution in [-0.4, -0.2) is 87.5 Å². The second-order valence-corrected chi connectivity index (χ2v) is 23.6. The topological polar surface area (TPSA) is 149 Å². The fourth-order valence-corrected chi connectivity index (χ4v) is 11.0. The Kier molecular flexibility index (Phi) is 54.4. The van der Waals surface area contributed by atoms with E-state index in [4.69, 9.17) is 9.47 Å². The highest BCUT2D eigenvalue weighted by atomic mass is 16.7. The predicted molar refractivity (Wildman–Crippen MR) is 323 cm³/mol. The lowest BCUT2D eigenvalue weighted by Crippen LogP contribution is -2.60. The molecule has 7 atom stereocenters. The highest BCUT2D eigenvalue weighted by Crippen LogP contribution is 2.24. The summed E-state index contributed by atoms with van der Waals surface area (Å²) in [4.78, 5) is 13.1. The number of rotatable bonds is 59. The zero-order valence-electron chi connectivity index (χ0n) is 50.3. The Labute approximate surface area is 470 Å². The summed E-state index contributed by atoms with van der Waals surface area (Å²) >= 11 is 0. The first kappa shape index (κ1) is 72.7. The summed E-state index contributed by atoms with van der Waals surface area (Å²) in [6, 6.07) is -0.720. The van der Waals surface area contributed by atoms with E-state index >= 15 is 0 Å². The van der Waals surface area contributed by atoms with Crippen LogP contribution in [0.5, 0.6) is 0 Å². The summed E-state index contributed by atoms with van der Waals surface area (Å²) in [7, 11) is 0. The van der Waals surface area contributed by atoms with E-state index in [2.05, 4.69) is 43.5 Å². The largest absolute Gasteiger partial charge is 0.394 e. The van der Waals surface area contributed by atoms with Crippen LogP contribution in [0.1, 0.15) is 341 Å². The molecule has 450 valence electrons. The molecule has 0 aromatic heterocycles. The molecule has 7 unspecified atom stereocenters. The van der Waals surface area contributed by atoms with E-state index in [0.717, 1.165) is 44.9 Å². The number of allylic oxidation sites excluding steroid dienone is 4. The third-order valence-corrected chi connectivity index (χ3v) is 16.3. The molecule has 0 spiro atoms. The van der Waals surface area contributed by atoms with Gasteiger partial charge in [0.25, 0.3) is 0 Å². The van der Waals surface area contributed by atoms with Crippen LogP contribution in [0.25, 0.3) is 0 Å². The number of hydrogen-bond donors (Lipinski definition) is 6. The standard InChI is InChI=1S/C67H129NO8/c1-3-5-7-9-11-13-15-17-19-21-23-25-27-28-29-30-31-32-33-35-36-38-40-42-44-46-48-50-52-54-56-61(70)60(59-75-67-66(74)65(73)64(72)62(58-69)76-67)68-63(71)57-55-53-51-49-47-45-43-41-39-37-34-26-24-22-20-18-16-14-12-10-8-6-4-2/h16,18,22,24,60-62,64-67,69-70,72-74H,3-15,17,19-21,23,25-59H2,1-2H3,(H,68,71)/b18-16-,24-22-. The first-order valence-corrected chi connectivity index (χ1v) is 33.5. The Balaban J connectivity index is 2.12. The summed E-state index contributed by atoms with van der Waals surface area (Å²) in [5.74, 6) is -0.141. The predicted octanol–water partition coefficient (Wildman–Crippen LogP) is 17.7. The highest BCUT2D eigenvalue weighted by molar-refractivity contribution is 5.76. The number of carbonyl (C=O) groups excluding carboxylic acids is 1. The van der Waals surface area contributed by atoms with Crippen LogP contribution in [0.2, 0.25) is 0 Å². The second kappa shape index (κ2) is 56.9. The van der Waals surface area contributed by atoms with Gasteiger partial charge in [-0.2, -0.15) is 0 Å². The lowest BCUT2D eigenvalue weighted by Gasteiger charge is -2.40. The molecule has 0 radical (unpaired) electrons. The molecule has 1 heterocycles. The minimum absolute atomic E-state index is 0.135. The van der Waals surface area contributed by atoms with Gasteiger partial charge in [0.05, 0.1) is 25.4 Å². The molecule has 1 amide bonds. The molecule has 0 bridgehead atoms. The number of carbonyl (C=O) groups is 1. The number of aliphatic hydroxyl groups excluding tert-OH is 5. The quantitative estimate of drug-likeness (QED) is 0.0261. The Morgan fingerprint density at radius 1 is 0.447 bits per heavy atom. The van der Waals surface area contributed by atoms with E-state index in [1.54, 1.807) is 0 Å². The fraction of sp³-hybridized carbons (Fsp3) is 0.925. The van der Waals surface area contributed by atoms with E-state index in [-0.39, 0.29) is 12.5 Å². The van der Waals surface area contributed by atoms with Crippen LogP contribution < -0.4 is 5.32 Å². The van der Waals surface area contributed by atoms with Gasteiger partial charge in [-0.25, -0.2) is 0 Å². The van der Waals surface area contributed by atoms with Crippen molar-refractivity contribution in [2.75, 3.05) is 13.2 Å². The van der Waals surface area contributed by atoms with Crippen molar-refractivity contribution in [3.05, 3.63) is 24.3 Å². The maximum Gasteiger partial charge on any atom is 0.220 e. The van der Waals surface area contributed by atoms with Crippen molar-refractivity contribution < 1.29 is 39.8 Å². The third kappa shape index (κ3) is 45.4. The van der Waals surface area contributed by atoms with Crippen molar-refractivity contribution in [2.45, 2.75) is 384 Å². The van der Waals surface area contributed by atoms with E-state index in [1.165, 1.54) is 270 Å². The minimum Gasteiger partial charge on any atom is -0.394 e. The van der Waals surface area contributed by atoms with E-state index in [0.29, 0.717) is 12.8 Å². The van der Waals surface area contributed by atoms with Crippen molar-refractivity contribution in [3.8, 4) is 0 Å². The van der Waals surface area contributed by atoms with Gasteiger partial charge < -0.3 is 40.3 Å². The normalized spacial score (nSPS) is 18.9. The molecule has 1 rings (SSSR count). The molecule has 76 heavy (non-hydrogen) atoms.